The Hall–Kier alpha value is -0.850. The summed E-state index contributed by atoms with van der Waals surface area (Å²) in [4.78, 5) is 12.1. The molecule has 4 rings (SSSR count). The SMILES string of the molecule is CC(C)[C@@H](C)/C=C/[C@@H](C)[C@@H]1CC[C@@H]2C3=CC[C@H]4CC(=O)CC[C@]4(C)[C@H]3CC[C@]21C. The highest BCUT2D eigenvalue weighted by atomic mass is 16.1. The molecular weight excluding hydrogens is 352 g/mol. The molecule has 0 aromatic rings. The van der Waals surface area contributed by atoms with Gasteiger partial charge in [0.2, 0.25) is 0 Å². The molecule has 1 heteroatoms. The van der Waals surface area contributed by atoms with Gasteiger partial charge in [-0.3, -0.25) is 4.79 Å². The minimum Gasteiger partial charge on any atom is -0.300 e. The monoisotopic (exact) mass is 396 g/mol. The third-order valence-electron chi connectivity index (χ3n) is 10.4. The molecular formula is C28H44O. The summed E-state index contributed by atoms with van der Waals surface area (Å²) in [6.07, 6.45) is 17.2. The molecule has 3 saturated carbocycles. The Bertz CT molecular complexity index is 699. The van der Waals surface area contributed by atoms with E-state index in [1.807, 2.05) is 5.57 Å². The van der Waals surface area contributed by atoms with Crippen LogP contribution in [0.4, 0.5) is 0 Å². The normalized spacial score (nSPS) is 44.2. The first kappa shape index (κ1) is 21.4. The minimum absolute atomic E-state index is 0.385. The highest BCUT2D eigenvalue weighted by Gasteiger charge is 2.57. The Morgan fingerprint density at radius 1 is 0.966 bits per heavy atom. The number of Topliss-reactive ketones (excluding diaryl/α,β-unsaturated/α-hetero) is 1. The molecule has 0 N–H and O–H groups in total. The zero-order valence-corrected chi connectivity index (χ0v) is 19.8. The van der Waals surface area contributed by atoms with E-state index in [0.29, 0.717) is 34.4 Å². The number of allylic oxidation sites excluding steroid dienone is 4. The van der Waals surface area contributed by atoms with Crippen molar-refractivity contribution in [3.05, 3.63) is 23.8 Å². The summed E-state index contributed by atoms with van der Waals surface area (Å²) in [5.74, 6) is 5.57. The summed E-state index contributed by atoms with van der Waals surface area (Å²) in [6, 6.07) is 0. The molecule has 0 heterocycles. The zero-order valence-electron chi connectivity index (χ0n) is 19.8. The van der Waals surface area contributed by atoms with Gasteiger partial charge >= 0.3 is 0 Å². The Labute approximate surface area is 179 Å². The minimum atomic E-state index is 0.385. The van der Waals surface area contributed by atoms with Gasteiger partial charge in [-0.1, -0.05) is 65.3 Å². The molecule has 0 amide bonds. The molecule has 29 heavy (non-hydrogen) atoms. The van der Waals surface area contributed by atoms with Gasteiger partial charge in [0.25, 0.3) is 0 Å². The van der Waals surface area contributed by atoms with Crippen LogP contribution in [-0.2, 0) is 4.79 Å². The molecule has 162 valence electrons. The Morgan fingerprint density at radius 2 is 1.69 bits per heavy atom. The second-order valence-corrected chi connectivity index (χ2v) is 12.1. The van der Waals surface area contributed by atoms with Crippen molar-refractivity contribution in [2.75, 3.05) is 0 Å². The van der Waals surface area contributed by atoms with Crippen LogP contribution >= 0.6 is 0 Å². The summed E-state index contributed by atoms with van der Waals surface area (Å²) in [7, 11) is 0. The number of carbonyl (C=O) groups excluding carboxylic acids is 1. The van der Waals surface area contributed by atoms with Crippen LogP contribution in [0.3, 0.4) is 0 Å². The molecule has 0 bridgehead atoms. The van der Waals surface area contributed by atoms with Gasteiger partial charge in [0.05, 0.1) is 0 Å². The van der Waals surface area contributed by atoms with Crippen molar-refractivity contribution < 1.29 is 4.79 Å². The zero-order chi connectivity index (χ0) is 21.0. The number of hydrogen-bond acceptors (Lipinski definition) is 1. The molecule has 0 spiro atoms. The molecule has 3 fully saturated rings. The summed E-state index contributed by atoms with van der Waals surface area (Å²) in [5, 5.41) is 0. The van der Waals surface area contributed by atoms with E-state index < -0.39 is 0 Å². The number of hydrogen-bond donors (Lipinski definition) is 0. The van der Waals surface area contributed by atoms with Crippen molar-refractivity contribution >= 4 is 5.78 Å². The molecule has 4 aliphatic rings. The highest BCUT2D eigenvalue weighted by molar-refractivity contribution is 5.79. The lowest BCUT2D eigenvalue weighted by Crippen LogP contribution is -2.49. The second-order valence-electron chi connectivity index (χ2n) is 12.1. The van der Waals surface area contributed by atoms with Gasteiger partial charge in [-0.2, -0.15) is 0 Å². The van der Waals surface area contributed by atoms with Crippen LogP contribution in [0.1, 0.15) is 92.9 Å². The first-order valence-electron chi connectivity index (χ1n) is 12.6. The quantitative estimate of drug-likeness (QED) is 0.447. The molecule has 0 saturated heterocycles. The fraction of sp³-hybridized carbons (Fsp3) is 0.821. The van der Waals surface area contributed by atoms with Crippen molar-refractivity contribution in [2.45, 2.75) is 92.9 Å². The number of ketones is 1. The van der Waals surface area contributed by atoms with E-state index in [9.17, 15) is 4.79 Å². The van der Waals surface area contributed by atoms with Crippen molar-refractivity contribution in [1.29, 1.82) is 0 Å². The molecule has 8 atom stereocenters. The van der Waals surface area contributed by atoms with Gasteiger partial charge in [-0.25, -0.2) is 0 Å². The van der Waals surface area contributed by atoms with Gasteiger partial charge in [-0.15, -0.1) is 0 Å². The van der Waals surface area contributed by atoms with Crippen molar-refractivity contribution in [2.24, 2.45) is 52.3 Å². The van der Waals surface area contributed by atoms with Crippen LogP contribution in [0.15, 0.2) is 23.8 Å². The molecule has 0 unspecified atom stereocenters. The topological polar surface area (TPSA) is 17.1 Å². The van der Waals surface area contributed by atoms with Gasteiger partial charge in [0.15, 0.2) is 0 Å². The second kappa shape index (κ2) is 7.69. The van der Waals surface area contributed by atoms with E-state index in [1.165, 1.54) is 25.7 Å². The van der Waals surface area contributed by atoms with Crippen LogP contribution in [0.2, 0.25) is 0 Å². The fourth-order valence-electron chi connectivity index (χ4n) is 7.91. The Morgan fingerprint density at radius 3 is 2.41 bits per heavy atom. The molecule has 4 aliphatic carbocycles. The predicted octanol–water partition coefficient (Wildman–Crippen LogP) is 7.62. The van der Waals surface area contributed by atoms with Crippen LogP contribution in [0.25, 0.3) is 0 Å². The van der Waals surface area contributed by atoms with E-state index in [1.54, 1.807) is 0 Å². The van der Waals surface area contributed by atoms with Gasteiger partial charge in [-0.05, 0) is 90.8 Å². The van der Waals surface area contributed by atoms with E-state index in [4.69, 9.17) is 0 Å². The van der Waals surface area contributed by atoms with Crippen molar-refractivity contribution in [3.63, 3.8) is 0 Å². The lowest BCUT2D eigenvalue weighted by atomic mass is 9.48. The summed E-state index contributed by atoms with van der Waals surface area (Å²) < 4.78 is 0. The molecule has 0 aliphatic heterocycles. The Balaban J connectivity index is 1.55. The largest absolute Gasteiger partial charge is 0.300 e. The predicted molar refractivity (Wildman–Crippen MR) is 123 cm³/mol. The van der Waals surface area contributed by atoms with E-state index in [0.717, 1.165) is 49.4 Å². The maximum atomic E-state index is 12.1. The van der Waals surface area contributed by atoms with E-state index >= 15 is 0 Å². The average molecular weight is 397 g/mol. The van der Waals surface area contributed by atoms with E-state index in [-0.39, 0.29) is 0 Å². The smallest absolute Gasteiger partial charge is 0.133 e. The van der Waals surface area contributed by atoms with Crippen molar-refractivity contribution in [1.82, 2.24) is 0 Å². The summed E-state index contributed by atoms with van der Waals surface area (Å²) >= 11 is 0. The number of rotatable bonds is 4. The molecule has 0 aromatic carbocycles. The first-order valence-corrected chi connectivity index (χ1v) is 12.6. The van der Waals surface area contributed by atoms with Gasteiger partial charge in [0.1, 0.15) is 5.78 Å². The van der Waals surface area contributed by atoms with Crippen molar-refractivity contribution in [3.8, 4) is 0 Å². The third kappa shape index (κ3) is 3.49. The number of carbonyl (C=O) groups is 1. The lowest BCUT2D eigenvalue weighted by molar-refractivity contribution is -0.127. The van der Waals surface area contributed by atoms with Gasteiger partial charge in [0, 0.05) is 12.8 Å². The summed E-state index contributed by atoms with van der Waals surface area (Å²) in [6.45, 7) is 14.7. The molecule has 1 nitrogen and oxygen atoms in total. The van der Waals surface area contributed by atoms with Gasteiger partial charge < -0.3 is 0 Å². The molecule has 0 aromatic heterocycles. The maximum Gasteiger partial charge on any atom is 0.133 e. The van der Waals surface area contributed by atoms with E-state index in [2.05, 4.69) is 59.8 Å². The maximum absolute atomic E-state index is 12.1. The average Bonchev–Trinajstić information content (AvgIpc) is 3.03. The van der Waals surface area contributed by atoms with Crippen LogP contribution < -0.4 is 0 Å². The third-order valence-corrected chi connectivity index (χ3v) is 10.4. The van der Waals surface area contributed by atoms with Crippen LogP contribution in [0.5, 0.6) is 0 Å². The highest BCUT2D eigenvalue weighted by Crippen LogP contribution is 2.66. The van der Waals surface area contributed by atoms with Crippen LogP contribution in [-0.4, -0.2) is 5.78 Å². The first-order chi connectivity index (χ1) is 13.7. The summed E-state index contributed by atoms with van der Waals surface area (Å²) in [5.41, 5.74) is 2.68. The standard InChI is InChI=1S/C28H44O/c1-18(2)19(3)7-8-20(4)24-11-12-25-23-10-9-21-17-22(29)13-15-27(21,5)26(23)14-16-28(24,25)6/h7-8,10,18-21,24-26H,9,11-17H2,1-6H3/b8-7+/t19-,20+,21-,24-,25+,26-,27-,28-/m0/s1. The fourth-order valence-corrected chi connectivity index (χ4v) is 7.91. The lowest BCUT2D eigenvalue weighted by Gasteiger charge is -2.57. The molecule has 0 radical (unpaired) electrons. The number of fused-ring (bicyclic) bond motifs is 5. The Kier molecular flexibility index (Phi) is 5.67. The van der Waals surface area contributed by atoms with Crippen LogP contribution in [0, 0.1) is 52.3 Å².